The van der Waals surface area contributed by atoms with E-state index in [1.807, 2.05) is 0 Å². The molecule has 1 fully saturated rings. The molecular formula is C17H28N2O. The molecule has 0 radical (unpaired) electrons. The molecule has 1 heterocycles. The molecule has 20 heavy (non-hydrogen) atoms. The predicted molar refractivity (Wildman–Crippen MR) is 83.9 cm³/mol. The van der Waals surface area contributed by atoms with Crippen LogP contribution in [-0.4, -0.2) is 44.8 Å². The van der Waals surface area contributed by atoms with E-state index in [0.717, 1.165) is 19.1 Å². The quantitative estimate of drug-likeness (QED) is 0.828. The highest BCUT2D eigenvalue weighted by atomic mass is 16.5. The first kappa shape index (κ1) is 15.5. The van der Waals surface area contributed by atoms with Crippen LogP contribution in [0.2, 0.25) is 0 Å². The standard InChI is InChI=1S/C17H28N2O/c1-3-18-13-15-9-11-19(12-10-15)17(14-20-2)16-7-5-4-6-8-16/h4-8,15,17-18H,3,9-14H2,1-2H3. The molecule has 1 aromatic carbocycles. The molecule has 0 bridgehead atoms. The van der Waals surface area contributed by atoms with Crippen LogP contribution in [0.4, 0.5) is 0 Å². The fourth-order valence-electron chi connectivity index (χ4n) is 3.06. The van der Waals surface area contributed by atoms with E-state index in [2.05, 4.69) is 47.5 Å². The lowest BCUT2D eigenvalue weighted by atomic mass is 9.94. The minimum Gasteiger partial charge on any atom is -0.383 e. The van der Waals surface area contributed by atoms with E-state index in [1.165, 1.54) is 38.0 Å². The number of likely N-dealkylation sites (tertiary alicyclic amines) is 1. The van der Waals surface area contributed by atoms with Crippen LogP contribution >= 0.6 is 0 Å². The van der Waals surface area contributed by atoms with Crippen molar-refractivity contribution in [1.82, 2.24) is 10.2 Å². The number of benzene rings is 1. The Bertz CT molecular complexity index is 361. The minimum atomic E-state index is 0.404. The zero-order valence-corrected chi connectivity index (χ0v) is 12.8. The van der Waals surface area contributed by atoms with E-state index >= 15 is 0 Å². The van der Waals surface area contributed by atoms with Crippen LogP contribution in [0.1, 0.15) is 31.4 Å². The summed E-state index contributed by atoms with van der Waals surface area (Å²) in [5, 5.41) is 3.48. The van der Waals surface area contributed by atoms with Crippen LogP contribution in [0.3, 0.4) is 0 Å². The van der Waals surface area contributed by atoms with E-state index in [4.69, 9.17) is 4.74 Å². The molecule has 0 amide bonds. The Kier molecular flexibility index (Phi) is 6.51. The van der Waals surface area contributed by atoms with Crippen LogP contribution in [-0.2, 0) is 4.74 Å². The molecular weight excluding hydrogens is 248 g/mol. The third kappa shape index (κ3) is 4.30. The second kappa shape index (κ2) is 8.40. The number of piperidine rings is 1. The summed E-state index contributed by atoms with van der Waals surface area (Å²) in [5.74, 6) is 0.838. The van der Waals surface area contributed by atoms with Crippen LogP contribution in [0, 0.1) is 5.92 Å². The number of hydrogen-bond acceptors (Lipinski definition) is 3. The molecule has 2 rings (SSSR count). The maximum absolute atomic E-state index is 5.45. The largest absolute Gasteiger partial charge is 0.383 e. The molecule has 1 aliphatic rings. The summed E-state index contributed by atoms with van der Waals surface area (Å²) in [5.41, 5.74) is 1.37. The van der Waals surface area contributed by atoms with Crippen molar-refractivity contribution < 1.29 is 4.74 Å². The summed E-state index contributed by atoms with van der Waals surface area (Å²) in [4.78, 5) is 2.58. The monoisotopic (exact) mass is 276 g/mol. The number of nitrogens with zero attached hydrogens (tertiary/aromatic N) is 1. The Balaban J connectivity index is 1.92. The van der Waals surface area contributed by atoms with Gasteiger partial charge in [-0.25, -0.2) is 0 Å². The summed E-state index contributed by atoms with van der Waals surface area (Å²) in [6, 6.07) is 11.2. The van der Waals surface area contributed by atoms with E-state index in [0.29, 0.717) is 6.04 Å². The zero-order valence-electron chi connectivity index (χ0n) is 12.8. The third-order valence-corrected chi connectivity index (χ3v) is 4.28. The fraction of sp³-hybridized carbons (Fsp3) is 0.647. The number of ether oxygens (including phenoxy) is 1. The number of nitrogens with one attached hydrogen (secondary N) is 1. The molecule has 3 nitrogen and oxygen atoms in total. The van der Waals surface area contributed by atoms with E-state index in [1.54, 1.807) is 7.11 Å². The Labute approximate surface area is 123 Å². The van der Waals surface area contributed by atoms with Crippen molar-refractivity contribution in [2.45, 2.75) is 25.8 Å². The minimum absolute atomic E-state index is 0.404. The van der Waals surface area contributed by atoms with Gasteiger partial charge in [0.15, 0.2) is 0 Å². The average Bonchev–Trinajstić information content (AvgIpc) is 2.52. The van der Waals surface area contributed by atoms with Crippen molar-refractivity contribution in [3.8, 4) is 0 Å². The van der Waals surface area contributed by atoms with Crippen molar-refractivity contribution >= 4 is 0 Å². The Morgan fingerprint density at radius 2 is 1.95 bits per heavy atom. The van der Waals surface area contributed by atoms with Gasteiger partial charge in [-0.15, -0.1) is 0 Å². The molecule has 3 heteroatoms. The highest BCUT2D eigenvalue weighted by Gasteiger charge is 2.25. The number of methoxy groups -OCH3 is 1. The average molecular weight is 276 g/mol. The van der Waals surface area contributed by atoms with Gasteiger partial charge in [0.05, 0.1) is 12.6 Å². The maximum atomic E-state index is 5.45. The number of rotatable bonds is 7. The summed E-state index contributed by atoms with van der Waals surface area (Å²) >= 11 is 0. The van der Waals surface area contributed by atoms with Crippen LogP contribution in [0.5, 0.6) is 0 Å². The third-order valence-electron chi connectivity index (χ3n) is 4.28. The van der Waals surface area contributed by atoms with Gasteiger partial charge in [0.25, 0.3) is 0 Å². The normalized spacial score (nSPS) is 19.1. The van der Waals surface area contributed by atoms with Gasteiger partial charge in [0.2, 0.25) is 0 Å². The lowest BCUT2D eigenvalue weighted by Crippen LogP contribution is -2.40. The molecule has 0 spiro atoms. The van der Waals surface area contributed by atoms with Gasteiger partial charge in [-0.05, 0) is 50.5 Å². The molecule has 1 atom stereocenters. The van der Waals surface area contributed by atoms with Gasteiger partial charge < -0.3 is 10.1 Å². The molecule has 0 aliphatic carbocycles. The topological polar surface area (TPSA) is 24.5 Å². The van der Waals surface area contributed by atoms with Gasteiger partial charge in [-0.1, -0.05) is 37.3 Å². The SMILES string of the molecule is CCNCC1CCN(C(COC)c2ccccc2)CC1. The number of hydrogen-bond donors (Lipinski definition) is 1. The maximum Gasteiger partial charge on any atom is 0.0659 e. The molecule has 1 saturated heterocycles. The highest BCUT2D eigenvalue weighted by molar-refractivity contribution is 5.19. The first-order valence-corrected chi connectivity index (χ1v) is 7.83. The van der Waals surface area contributed by atoms with Gasteiger partial charge >= 0.3 is 0 Å². The fourth-order valence-corrected chi connectivity index (χ4v) is 3.06. The lowest BCUT2D eigenvalue weighted by molar-refractivity contribution is 0.0642. The molecule has 112 valence electrons. The molecule has 1 N–H and O–H groups in total. The van der Waals surface area contributed by atoms with Gasteiger partial charge in [0, 0.05) is 7.11 Å². The van der Waals surface area contributed by atoms with E-state index in [9.17, 15) is 0 Å². The lowest BCUT2D eigenvalue weighted by Gasteiger charge is -2.37. The zero-order chi connectivity index (χ0) is 14.2. The van der Waals surface area contributed by atoms with Crippen LogP contribution < -0.4 is 5.32 Å². The van der Waals surface area contributed by atoms with Gasteiger partial charge in [-0.2, -0.15) is 0 Å². The summed E-state index contributed by atoms with van der Waals surface area (Å²) < 4.78 is 5.45. The van der Waals surface area contributed by atoms with Crippen LogP contribution in [0.25, 0.3) is 0 Å². The van der Waals surface area contributed by atoms with Crippen molar-refractivity contribution in [1.29, 1.82) is 0 Å². The molecule has 0 saturated carbocycles. The second-order valence-corrected chi connectivity index (χ2v) is 5.67. The Morgan fingerprint density at radius 3 is 2.55 bits per heavy atom. The Hall–Kier alpha value is -0.900. The predicted octanol–water partition coefficient (Wildman–Crippen LogP) is 2.70. The summed E-state index contributed by atoms with van der Waals surface area (Å²) in [6.45, 7) is 7.57. The molecule has 0 aromatic heterocycles. The van der Waals surface area contributed by atoms with E-state index in [-0.39, 0.29) is 0 Å². The molecule has 1 unspecified atom stereocenters. The van der Waals surface area contributed by atoms with Crippen molar-refractivity contribution in [3.63, 3.8) is 0 Å². The molecule has 1 aliphatic heterocycles. The first-order valence-electron chi connectivity index (χ1n) is 7.83. The van der Waals surface area contributed by atoms with E-state index < -0.39 is 0 Å². The summed E-state index contributed by atoms with van der Waals surface area (Å²) in [6.07, 6.45) is 2.58. The Morgan fingerprint density at radius 1 is 1.25 bits per heavy atom. The van der Waals surface area contributed by atoms with Gasteiger partial charge in [-0.3, -0.25) is 4.90 Å². The summed E-state index contributed by atoms with van der Waals surface area (Å²) in [7, 11) is 1.80. The van der Waals surface area contributed by atoms with Crippen molar-refractivity contribution in [3.05, 3.63) is 35.9 Å². The first-order chi connectivity index (χ1) is 9.85. The van der Waals surface area contributed by atoms with Gasteiger partial charge in [0.1, 0.15) is 0 Å². The highest BCUT2D eigenvalue weighted by Crippen LogP contribution is 2.26. The van der Waals surface area contributed by atoms with Crippen molar-refractivity contribution in [2.75, 3.05) is 39.9 Å². The smallest absolute Gasteiger partial charge is 0.0659 e. The van der Waals surface area contributed by atoms with Crippen LogP contribution in [0.15, 0.2) is 30.3 Å². The van der Waals surface area contributed by atoms with Crippen molar-refractivity contribution in [2.24, 2.45) is 5.92 Å². The molecule has 1 aromatic rings. The second-order valence-electron chi connectivity index (χ2n) is 5.67.